The van der Waals surface area contributed by atoms with Gasteiger partial charge in [0.2, 0.25) is 0 Å². The number of nitrogens with zero attached hydrogens (tertiary/aromatic N) is 3. The number of hydrogen-bond donors (Lipinski definition) is 0. The Labute approximate surface area is 116 Å². The van der Waals surface area contributed by atoms with Crippen molar-refractivity contribution >= 4 is 11.3 Å². The molecule has 5 nitrogen and oxygen atoms in total. The molecule has 0 saturated carbocycles. The highest BCUT2D eigenvalue weighted by Gasteiger charge is 2.22. The van der Waals surface area contributed by atoms with Crippen molar-refractivity contribution in [1.29, 1.82) is 0 Å². The van der Waals surface area contributed by atoms with E-state index in [4.69, 9.17) is 9.47 Å². The molecule has 0 N–H and O–H groups in total. The molecule has 0 aliphatic carbocycles. The van der Waals surface area contributed by atoms with Crippen molar-refractivity contribution in [1.82, 2.24) is 15.0 Å². The lowest BCUT2D eigenvalue weighted by Crippen LogP contribution is -2.32. The van der Waals surface area contributed by atoms with Gasteiger partial charge in [0.05, 0.1) is 12.2 Å². The van der Waals surface area contributed by atoms with Gasteiger partial charge in [-0.05, 0) is 12.8 Å². The second-order valence-corrected chi connectivity index (χ2v) is 5.43. The number of unbranched alkanes of at least 4 members (excludes halogenated alkanes) is 1. The van der Waals surface area contributed by atoms with E-state index in [1.54, 1.807) is 11.3 Å². The second kappa shape index (κ2) is 5.61. The Hall–Kier alpha value is -1.56. The number of aryl methyl sites for hydroxylation is 1. The van der Waals surface area contributed by atoms with Crippen molar-refractivity contribution in [2.45, 2.75) is 38.8 Å². The zero-order chi connectivity index (χ0) is 13.1. The highest BCUT2D eigenvalue weighted by molar-refractivity contribution is 7.08. The van der Waals surface area contributed by atoms with E-state index in [0.29, 0.717) is 13.2 Å². The summed E-state index contributed by atoms with van der Waals surface area (Å²) < 4.78 is 13.4. The van der Waals surface area contributed by atoms with Crippen LogP contribution in [0.5, 0.6) is 11.5 Å². The van der Waals surface area contributed by atoms with E-state index in [-0.39, 0.29) is 6.10 Å². The Bertz CT molecular complexity index is 537. The van der Waals surface area contributed by atoms with Gasteiger partial charge in [0, 0.05) is 17.0 Å². The molecule has 1 aliphatic rings. The highest BCUT2D eigenvalue weighted by Crippen LogP contribution is 2.35. The normalized spacial score (nSPS) is 17.6. The summed E-state index contributed by atoms with van der Waals surface area (Å²) in [4.78, 5) is 0. The van der Waals surface area contributed by atoms with Gasteiger partial charge in [-0.3, -0.25) is 0 Å². The van der Waals surface area contributed by atoms with Gasteiger partial charge in [-0.25, -0.2) is 4.68 Å². The Kier molecular flexibility index (Phi) is 3.68. The number of fused-ring (bicyclic) bond motifs is 1. The van der Waals surface area contributed by atoms with Gasteiger partial charge in [-0.1, -0.05) is 18.6 Å². The van der Waals surface area contributed by atoms with Crippen LogP contribution in [-0.2, 0) is 13.0 Å². The molecule has 3 rings (SSSR count). The zero-order valence-electron chi connectivity index (χ0n) is 10.9. The monoisotopic (exact) mass is 279 g/mol. The molecule has 6 heteroatoms. The van der Waals surface area contributed by atoms with Crippen LogP contribution in [0.2, 0.25) is 0 Å². The number of thiophene rings is 1. The van der Waals surface area contributed by atoms with Crippen LogP contribution < -0.4 is 9.47 Å². The van der Waals surface area contributed by atoms with Crippen LogP contribution in [-0.4, -0.2) is 27.7 Å². The molecular formula is C13H17N3O2S. The average Bonchev–Trinajstić information content (AvgIpc) is 3.05. The van der Waals surface area contributed by atoms with E-state index in [2.05, 4.69) is 17.2 Å². The third kappa shape index (κ3) is 2.89. The van der Waals surface area contributed by atoms with Gasteiger partial charge in [-0.2, -0.15) is 0 Å². The van der Waals surface area contributed by atoms with Crippen molar-refractivity contribution in [3.05, 3.63) is 22.7 Å². The fourth-order valence-corrected chi connectivity index (χ4v) is 2.73. The Morgan fingerprint density at radius 2 is 2.32 bits per heavy atom. The maximum Gasteiger partial charge on any atom is 0.172 e. The lowest BCUT2D eigenvalue weighted by atomic mass is 10.2. The molecule has 0 aromatic carbocycles. The third-order valence-electron chi connectivity index (χ3n) is 3.07. The van der Waals surface area contributed by atoms with Crippen molar-refractivity contribution < 1.29 is 9.47 Å². The minimum absolute atomic E-state index is 0.00262. The molecule has 0 bridgehead atoms. The highest BCUT2D eigenvalue weighted by atomic mass is 32.1. The van der Waals surface area contributed by atoms with Crippen LogP contribution in [0.1, 0.15) is 25.5 Å². The summed E-state index contributed by atoms with van der Waals surface area (Å²) in [6, 6.07) is 0. The van der Waals surface area contributed by atoms with Gasteiger partial charge < -0.3 is 9.47 Å². The Balaban J connectivity index is 1.58. The van der Waals surface area contributed by atoms with Crippen molar-refractivity contribution in [2.75, 3.05) is 6.61 Å². The molecule has 0 fully saturated rings. The van der Waals surface area contributed by atoms with E-state index in [0.717, 1.165) is 30.0 Å². The largest absolute Gasteiger partial charge is 0.485 e. The van der Waals surface area contributed by atoms with Crippen molar-refractivity contribution in [2.24, 2.45) is 0 Å². The molecule has 19 heavy (non-hydrogen) atoms. The molecular weight excluding hydrogens is 262 g/mol. The van der Waals surface area contributed by atoms with E-state index in [9.17, 15) is 0 Å². The molecule has 1 aliphatic heterocycles. The molecule has 0 spiro atoms. The van der Waals surface area contributed by atoms with Crippen molar-refractivity contribution in [3.63, 3.8) is 0 Å². The summed E-state index contributed by atoms with van der Waals surface area (Å²) in [7, 11) is 0. The first-order valence-corrected chi connectivity index (χ1v) is 7.54. The first-order valence-electron chi connectivity index (χ1n) is 6.60. The summed E-state index contributed by atoms with van der Waals surface area (Å²) in [6.07, 6.45) is 5.32. The fourth-order valence-electron chi connectivity index (χ4n) is 2.06. The minimum atomic E-state index is 0.00262. The molecule has 1 unspecified atom stereocenters. The first-order chi connectivity index (χ1) is 9.35. The van der Waals surface area contributed by atoms with Gasteiger partial charge in [-0.15, -0.1) is 16.4 Å². The van der Waals surface area contributed by atoms with Crippen LogP contribution >= 0.6 is 11.3 Å². The SMILES string of the molecule is CCCCc1cn(CC2COc3cscc3O2)nn1. The summed E-state index contributed by atoms with van der Waals surface area (Å²) in [5.74, 6) is 1.69. The molecule has 0 radical (unpaired) electrons. The number of rotatable bonds is 5. The van der Waals surface area contributed by atoms with E-state index >= 15 is 0 Å². The van der Waals surface area contributed by atoms with Crippen LogP contribution in [0.25, 0.3) is 0 Å². The van der Waals surface area contributed by atoms with Crippen LogP contribution in [0.15, 0.2) is 17.0 Å². The molecule has 2 aromatic heterocycles. The quantitative estimate of drug-likeness (QED) is 0.844. The Morgan fingerprint density at radius 3 is 3.21 bits per heavy atom. The summed E-state index contributed by atoms with van der Waals surface area (Å²) in [5.41, 5.74) is 1.05. The lowest BCUT2D eigenvalue weighted by molar-refractivity contribution is 0.0767. The zero-order valence-corrected chi connectivity index (χ0v) is 11.7. The van der Waals surface area contributed by atoms with Gasteiger partial charge >= 0.3 is 0 Å². The predicted octanol–water partition coefficient (Wildman–Crippen LogP) is 2.52. The van der Waals surface area contributed by atoms with Crippen molar-refractivity contribution in [3.8, 4) is 11.5 Å². The predicted molar refractivity (Wildman–Crippen MR) is 72.9 cm³/mol. The lowest BCUT2D eigenvalue weighted by Gasteiger charge is -2.24. The van der Waals surface area contributed by atoms with Crippen LogP contribution in [0.4, 0.5) is 0 Å². The fraction of sp³-hybridized carbons (Fsp3) is 0.538. The summed E-state index contributed by atoms with van der Waals surface area (Å²) >= 11 is 1.59. The summed E-state index contributed by atoms with van der Waals surface area (Å²) in [6.45, 7) is 3.42. The van der Waals surface area contributed by atoms with E-state index < -0.39 is 0 Å². The summed E-state index contributed by atoms with van der Waals surface area (Å²) in [5, 5.41) is 12.2. The minimum Gasteiger partial charge on any atom is -0.485 e. The van der Waals surface area contributed by atoms with Crippen LogP contribution in [0, 0.1) is 0 Å². The standard InChI is InChI=1S/C13H17N3O2S/c1-2-3-4-10-5-16(15-14-10)6-11-7-17-12-8-19-9-13(12)18-11/h5,8-9,11H,2-4,6-7H2,1H3. The van der Waals surface area contributed by atoms with Gasteiger partial charge in [0.15, 0.2) is 17.6 Å². The van der Waals surface area contributed by atoms with Gasteiger partial charge in [0.25, 0.3) is 0 Å². The smallest absolute Gasteiger partial charge is 0.172 e. The molecule has 0 saturated heterocycles. The number of ether oxygens (including phenoxy) is 2. The average molecular weight is 279 g/mol. The second-order valence-electron chi connectivity index (χ2n) is 4.69. The third-order valence-corrected chi connectivity index (χ3v) is 3.77. The van der Waals surface area contributed by atoms with Crippen LogP contribution in [0.3, 0.4) is 0 Å². The first kappa shape index (κ1) is 12.5. The maximum atomic E-state index is 5.86. The van der Waals surface area contributed by atoms with E-state index in [1.165, 1.54) is 6.42 Å². The maximum absolute atomic E-state index is 5.86. The van der Waals surface area contributed by atoms with E-state index in [1.807, 2.05) is 21.6 Å². The molecule has 0 amide bonds. The van der Waals surface area contributed by atoms with Gasteiger partial charge in [0.1, 0.15) is 6.61 Å². The number of aromatic nitrogens is 3. The molecule has 102 valence electrons. The Morgan fingerprint density at radius 1 is 1.42 bits per heavy atom. The number of hydrogen-bond acceptors (Lipinski definition) is 5. The molecule has 2 aromatic rings. The molecule has 1 atom stereocenters. The topological polar surface area (TPSA) is 49.2 Å². The molecule has 3 heterocycles.